The molecule has 6 heteroatoms. The van der Waals surface area contributed by atoms with E-state index < -0.39 is 0 Å². The van der Waals surface area contributed by atoms with Gasteiger partial charge in [-0.15, -0.1) is 0 Å². The maximum Gasteiger partial charge on any atom is 0.258 e. The molecule has 0 aliphatic heterocycles. The fraction of sp³-hybridized carbons (Fsp3) is 0.0714. The summed E-state index contributed by atoms with van der Waals surface area (Å²) < 4.78 is 0. The van der Waals surface area contributed by atoms with Crippen molar-refractivity contribution in [2.45, 2.75) is 6.92 Å². The molecule has 1 amide bonds. The lowest BCUT2D eigenvalue weighted by molar-refractivity contribution is 0.0978. The van der Waals surface area contributed by atoms with E-state index in [1.54, 1.807) is 36.5 Å². The smallest absolute Gasteiger partial charge is 0.258 e. The first kappa shape index (κ1) is 14.4. The van der Waals surface area contributed by atoms with Gasteiger partial charge in [0.05, 0.1) is 10.6 Å². The van der Waals surface area contributed by atoms with Crippen LogP contribution in [0.5, 0.6) is 0 Å². The Morgan fingerprint density at radius 3 is 2.65 bits per heavy atom. The zero-order chi connectivity index (χ0) is 14.5. The number of anilines is 1. The van der Waals surface area contributed by atoms with E-state index in [4.69, 9.17) is 23.8 Å². The lowest BCUT2D eigenvalue weighted by atomic mass is 10.2. The lowest BCUT2D eigenvalue weighted by Crippen LogP contribution is -2.34. The summed E-state index contributed by atoms with van der Waals surface area (Å²) in [6.45, 7) is 1.94. The van der Waals surface area contributed by atoms with Crippen LogP contribution in [-0.4, -0.2) is 16.0 Å². The van der Waals surface area contributed by atoms with Crippen molar-refractivity contribution in [2.75, 3.05) is 5.32 Å². The number of hydrogen-bond donors (Lipinski definition) is 2. The van der Waals surface area contributed by atoms with Crippen LogP contribution in [0.25, 0.3) is 0 Å². The number of amides is 1. The zero-order valence-corrected chi connectivity index (χ0v) is 12.3. The predicted octanol–water partition coefficient (Wildman–Crippen LogP) is 3.17. The van der Waals surface area contributed by atoms with Crippen LogP contribution in [0.1, 0.15) is 15.9 Å². The predicted molar refractivity (Wildman–Crippen MR) is 84.1 cm³/mol. The first-order valence-electron chi connectivity index (χ1n) is 5.86. The molecule has 0 saturated heterocycles. The number of carbonyl (C=O) groups excluding carboxylic acids is 1. The first-order chi connectivity index (χ1) is 9.56. The highest BCUT2D eigenvalue weighted by Gasteiger charge is 2.11. The fourth-order valence-electron chi connectivity index (χ4n) is 1.51. The van der Waals surface area contributed by atoms with E-state index in [0.29, 0.717) is 16.4 Å². The SMILES string of the molecule is Cc1ccc(NC(=S)NC(=O)c2ccccc2Cl)nc1. The molecule has 2 rings (SSSR count). The number of thiocarbonyl (C=S) groups is 1. The minimum Gasteiger partial charge on any atom is -0.317 e. The number of aromatic nitrogens is 1. The highest BCUT2D eigenvalue weighted by molar-refractivity contribution is 7.80. The number of rotatable bonds is 2. The molecular formula is C14H12ClN3OS. The van der Waals surface area contributed by atoms with Crippen LogP contribution in [0.4, 0.5) is 5.82 Å². The maximum atomic E-state index is 12.0. The first-order valence-corrected chi connectivity index (χ1v) is 6.64. The molecule has 4 nitrogen and oxygen atoms in total. The second-order valence-electron chi connectivity index (χ2n) is 4.11. The van der Waals surface area contributed by atoms with Crippen LogP contribution in [0.3, 0.4) is 0 Å². The molecule has 0 radical (unpaired) electrons. The van der Waals surface area contributed by atoms with Gasteiger partial charge in [-0.1, -0.05) is 29.8 Å². The van der Waals surface area contributed by atoms with Gasteiger partial charge in [-0.2, -0.15) is 0 Å². The molecule has 0 aliphatic rings. The van der Waals surface area contributed by atoms with E-state index in [2.05, 4.69) is 15.6 Å². The molecular weight excluding hydrogens is 294 g/mol. The summed E-state index contributed by atoms with van der Waals surface area (Å²) in [5.41, 5.74) is 1.41. The van der Waals surface area contributed by atoms with Crippen molar-refractivity contribution < 1.29 is 4.79 Å². The van der Waals surface area contributed by atoms with Gasteiger partial charge in [-0.05, 0) is 42.9 Å². The van der Waals surface area contributed by atoms with Crippen molar-refractivity contribution in [1.82, 2.24) is 10.3 Å². The molecule has 1 aromatic heterocycles. The molecule has 2 N–H and O–H groups in total. The van der Waals surface area contributed by atoms with Crippen molar-refractivity contribution in [2.24, 2.45) is 0 Å². The summed E-state index contributed by atoms with van der Waals surface area (Å²) in [6.07, 6.45) is 1.71. The van der Waals surface area contributed by atoms with Gasteiger partial charge in [-0.25, -0.2) is 4.98 Å². The van der Waals surface area contributed by atoms with Crippen molar-refractivity contribution in [1.29, 1.82) is 0 Å². The Bertz CT molecular complexity index is 643. The Labute approximate surface area is 127 Å². The largest absolute Gasteiger partial charge is 0.317 e. The molecule has 0 saturated carbocycles. The maximum absolute atomic E-state index is 12.0. The van der Waals surface area contributed by atoms with Crippen LogP contribution in [0.2, 0.25) is 5.02 Å². The third-order valence-electron chi connectivity index (χ3n) is 2.50. The number of aryl methyl sites for hydroxylation is 1. The molecule has 0 atom stereocenters. The van der Waals surface area contributed by atoms with Crippen LogP contribution in [-0.2, 0) is 0 Å². The molecule has 0 unspecified atom stereocenters. The molecule has 0 fully saturated rings. The van der Waals surface area contributed by atoms with Gasteiger partial charge < -0.3 is 5.32 Å². The number of nitrogens with zero attached hydrogens (tertiary/aromatic N) is 1. The van der Waals surface area contributed by atoms with Crippen molar-refractivity contribution in [3.63, 3.8) is 0 Å². The Hall–Kier alpha value is -1.98. The van der Waals surface area contributed by atoms with Gasteiger partial charge in [0, 0.05) is 6.20 Å². The van der Waals surface area contributed by atoms with Crippen LogP contribution < -0.4 is 10.6 Å². The van der Waals surface area contributed by atoms with Crippen LogP contribution >= 0.6 is 23.8 Å². The quantitative estimate of drug-likeness (QED) is 0.837. The third-order valence-corrected chi connectivity index (χ3v) is 3.03. The van der Waals surface area contributed by atoms with Gasteiger partial charge in [0.15, 0.2) is 5.11 Å². The van der Waals surface area contributed by atoms with Crippen LogP contribution in [0.15, 0.2) is 42.6 Å². The van der Waals surface area contributed by atoms with Gasteiger partial charge in [0.25, 0.3) is 5.91 Å². The molecule has 102 valence electrons. The highest BCUT2D eigenvalue weighted by atomic mass is 35.5. The Morgan fingerprint density at radius 2 is 2.00 bits per heavy atom. The molecule has 0 aliphatic carbocycles. The average molecular weight is 306 g/mol. The molecule has 2 aromatic rings. The normalized spacial score (nSPS) is 9.90. The van der Waals surface area contributed by atoms with Gasteiger partial charge in [-0.3, -0.25) is 10.1 Å². The average Bonchev–Trinajstić information content (AvgIpc) is 2.41. The monoisotopic (exact) mass is 305 g/mol. The fourth-order valence-corrected chi connectivity index (χ4v) is 1.92. The van der Waals surface area contributed by atoms with Gasteiger partial charge >= 0.3 is 0 Å². The van der Waals surface area contributed by atoms with E-state index in [1.807, 2.05) is 13.0 Å². The van der Waals surface area contributed by atoms with E-state index in [9.17, 15) is 4.79 Å². The number of benzene rings is 1. The molecule has 1 heterocycles. The van der Waals surface area contributed by atoms with Gasteiger partial charge in [0.1, 0.15) is 5.82 Å². The van der Waals surface area contributed by atoms with E-state index in [0.717, 1.165) is 5.56 Å². The number of hydrogen-bond acceptors (Lipinski definition) is 3. The number of pyridine rings is 1. The summed E-state index contributed by atoms with van der Waals surface area (Å²) in [6, 6.07) is 10.4. The zero-order valence-electron chi connectivity index (χ0n) is 10.7. The standard InChI is InChI=1S/C14H12ClN3OS/c1-9-6-7-12(16-8-9)17-14(20)18-13(19)10-4-2-3-5-11(10)15/h2-8H,1H3,(H2,16,17,18,19,20). The van der Waals surface area contributed by atoms with Crippen LogP contribution in [0, 0.1) is 6.92 Å². The Morgan fingerprint density at radius 1 is 1.25 bits per heavy atom. The van der Waals surface area contributed by atoms with Crippen molar-refractivity contribution >= 4 is 40.7 Å². The molecule has 0 bridgehead atoms. The van der Waals surface area contributed by atoms with Gasteiger partial charge in [0.2, 0.25) is 0 Å². The second kappa shape index (κ2) is 6.45. The molecule has 0 spiro atoms. The summed E-state index contributed by atoms with van der Waals surface area (Å²) in [5.74, 6) is 0.209. The minimum atomic E-state index is -0.361. The molecule has 1 aromatic carbocycles. The van der Waals surface area contributed by atoms with Crippen molar-refractivity contribution in [3.05, 3.63) is 58.7 Å². The van der Waals surface area contributed by atoms with E-state index in [-0.39, 0.29) is 11.0 Å². The van der Waals surface area contributed by atoms with Crippen molar-refractivity contribution in [3.8, 4) is 0 Å². The third kappa shape index (κ3) is 3.76. The lowest BCUT2D eigenvalue weighted by Gasteiger charge is -2.09. The Kier molecular flexibility index (Phi) is 4.65. The molecule has 20 heavy (non-hydrogen) atoms. The minimum absolute atomic E-state index is 0.172. The Balaban J connectivity index is 2.00. The number of halogens is 1. The topological polar surface area (TPSA) is 54.0 Å². The summed E-state index contributed by atoms with van der Waals surface area (Å²) >= 11 is 11.0. The highest BCUT2D eigenvalue weighted by Crippen LogP contribution is 2.14. The summed E-state index contributed by atoms with van der Waals surface area (Å²) in [4.78, 5) is 16.1. The number of carbonyl (C=O) groups is 1. The summed E-state index contributed by atoms with van der Waals surface area (Å²) in [7, 11) is 0. The second-order valence-corrected chi connectivity index (χ2v) is 4.92. The number of nitrogens with one attached hydrogen (secondary N) is 2. The van der Waals surface area contributed by atoms with E-state index >= 15 is 0 Å². The summed E-state index contributed by atoms with van der Waals surface area (Å²) in [5, 5.41) is 5.94. The van der Waals surface area contributed by atoms with E-state index in [1.165, 1.54) is 0 Å².